The predicted molar refractivity (Wildman–Crippen MR) is 80.0 cm³/mol. The average Bonchev–Trinajstić information content (AvgIpc) is 2.41. The summed E-state index contributed by atoms with van der Waals surface area (Å²) in [5, 5.41) is 0. The van der Waals surface area contributed by atoms with Crippen LogP contribution >= 0.6 is 0 Å². The molecule has 0 saturated carbocycles. The molecule has 0 aliphatic rings. The van der Waals surface area contributed by atoms with Gasteiger partial charge in [0.2, 0.25) is 0 Å². The Morgan fingerprint density at radius 2 is 1.57 bits per heavy atom. The summed E-state index contributed by atoms with van der Waals surface area (Å²) in [5.74, 6) is 0. The fourth-order valence-electron chi connectivity index (χ4n) is 2.49. The first kappa shape index (κ1) is 15.6. The van der Waals surface area contributed by atoms with Crippen LogP contribution in [0.2, 0.25) is 0 Å². The van der Waals surface area contributed by atoms with Crippen molar-refractivity contribution >= 4 is 0 Å². The number of benzene rings is 2. The Balaban J connectivity index is 2.61. The van der Waals surface area contributed by atoms with Crippen LogP contribution in [-0.2, 0) is 6.18 Å². The zero-order valence-electron chi connectivity index (χ0n) is 12.4. The monoisotopic (exact) mass is 291 g/mol. The molecule has 0 spiro atoms. The molecular formula is C18H18F3. The summed E-state index contributed by atoms with van der Waals surface area (Å²) in [7, 11) is 0. The zero-order chi connectivity index (χ0) is 15.6. The molecule has 0 atom stereocenters. The van der Waals surface area contributed by atoms with E-state index in [0.29, 0.717) is 17.5 Å². The second-order valence-electron chi connectivity index (χ2n) is 5.18. The van der Waals surface area contributed by atoms with Crippen LogP contribution in [0.1, 0.15) is 35.6 Å². The summed E-state index contributed by atoms with van der Waals surface area (Å²) < 4.78 is 39.1. The molecule has 0 saturated heterocycles. The van der Waals surface area contributed by atoms with Gasteiger partial charge in [0.1, 0.15) is 0 Å². The van der Waals surface area contributed by atoms with E-state index < -0.39 is 11.7 Å². The average molecular weight is 291 g/mol. The van der Waals surface area contributed by atoms with Gasteiger partial charge < -0.3 is 0 Å². The molecule has 1 radical (unpaired) electrons. The van der Waals surface area contributed by atoms with E-state index in [1.54, 1.807) is 13.0 Å². The molecule has 2 aromatic rings. The summed E-state index contributed by atoms with van der Waals surface area (Å²) >= 11 is 0. The van der Waals surface area contributed by atoms with Crippen LogP contribution in [0.5, 0.6) is 0 Å². The summed E-state index contributed by atoms with van der Waals surface area (Å²) in [6.45, 7) is 5.46. The fraction of sp³-hybridized carbons (Fsp3) is 0.278. The molecule has 21 heavy (non-hydrogen) atoms. The molecule has 0 bridgehead atoms. The molecule has 3 heteroatoms. The van der Waals surface area contributed by atoms with Crippen LogP contribution in [0.3, 0.4) is 0 Å². The van der Waals surface area contributed by atoms with Crippen molar-refractivity contribution in [1.29, 1.82) is 0 Å². The number of rotatable bonds is 3. The number of hydrogen-bond acceptors (Lipinski definition) is 0. The molecule has 2 rings (SSSR count). The lowest BCUT2D eigenvalue weighted by molar-refractivity contribution is -0.138. The number of halogens is 3. The largest absolute Gasteiger partial charge is 0.416 e. The summed E-state index contributed by atoms with van der Waals surface area (Å²) in [5.41, 5.74) is 3.33. The highest BCUT2D eigenvalue weighted by atomic mass is 19.4. The molecule has 0 aliphatic carbocycles. The molecule has 0 aliphatic heterocycles. The quantitative estimate of drug-likeness (QED) is 0.655. The number of alkyl halides is 3. The lowest BCUT2D eigenvalue weighted by Gasteiger charge is -2.18. The highest BCUT2D eigenvalue weighted by Crippen LogP contribution is 2.37. The molecule has 0 unspecified atom stereocenters. The fourth-order valence-corrected chi connectivity index (χ4v) is 2.49. The van der Waals surface area contributed by atoms with Gasteiger partial charge >= 0.3 is 6.18 Å². The van der Waals surface area contributed by atoms with E-state index in [9.17, 15) is 13.2 Å². The van der Waals surface area contributed by atoms with Gasteiger partial charge in [-0.15, -0.1) is 0 Å². The van der Waals surface area contributed by atoms with Crippen molar-refractivity contribution in [3.8, 4) is 11.1 Å². The SMILES string of the molecule is CC[CH]c1c(-c2ccc(C)cc2)ccc(C(F)(F)F)c1C. The van der Waals surface area contributed by atoms with E-state index in [1.807, 2.05) is 44.5 Å². The topological polar surface area (TPSA) is 0 Å². The first-order chi connectivity index (χ1) is 9.84. The smallest absolute Gasteiger partial charge is 0.166 e. The van der Waals surface area contributed by atoms with E-state index in [0.717, 1.165) is 16.7 Å². The van der Waals surface area contributed by atoms with Crippen LogP contribution in [0.25, 0.3) is 11.1 Å². The Bertz CT molecular complexity index is 622. The van der Waals surface area contributed by atoms with E-state index >= 15 is 0 Å². The van der Waals surface area contributed by atoms with Gasteiger partial charge in [-0.25, -0.2) is 0 Å². The third-order valence-corrected chi connectivity index (χ3v) is 3.59. The van der Waals surface area contributed by atoms with Gasteiger partial charge in [-0.1, -0.05) is 42.8 Å². The lowest BCUT2D eigenvalue weighted by Crippen LogP contribution is -2.09. The molecule has 0 heterocycles. The van der Waals surface area contributed by atoms with Crippen molar-refractivity contribution < 1.29 is 13.2 Å². The van der Waals surface area contributed by atoms with E-state index in [2.05, 4.69) is 0 Å². The standard InChI is InChI=1S/C18H18F3/c1-4-5-15-13(3)17(18(19,20)21)11-10-16(15)14-8-6-12(2)7-9-14/h5-11H,4H2,1-3H3. The van der Waals surface area contributed by atoms with Crippen molar-refractivity contribution in [3.63, 3.8) is 0 Å². The molecule has 2 aromatic carbocycles. The van der Waals surface area contributed by atoms with Gasteiger partial charge in [0, 0.05) is 0 Å². The summed E-state index contributed by atoms with van der Waals surface area (Å²) in [4.78, 5) is 0. The van der Waals surface area contributed by atoms with Crippen molar-refractivity contribution in [2.45, 2.75) is 33.4 Å². The third kappa shape index (κ3) is 3.29. The summed E-state index contributed by atoms with van der Waals surface area (Å²) in [6, 6.07) is 10.6. The van der Waals surface area contributed by atoms with E-state index in [1.165, 1.54) is 6.07 Å². The minimum absolute atomic E-state index is 0.294. The van der Waals surface area contributed by atoms with Crippen molar-refractivity contribution in [2.24, 2.45) is 0 Å². The van der Waals surface area contributed by atoms with Crippen LogP contribution in [0, 0.1) is 20.3 Å². The zero-order valence-corrected chi connectivity index (χ0v) is 12.4. The second kappa shape index (κ2) is 5.92. The minimum Gasteiger partial charge on any atom is -0.166 e. The first-order valence-corrected chi connectivity index (χ1v) is 6.95. The summed E-state index contributed by atoms with van der Waals surface area (Å²) in [6.07, 6.45) is -1.76. The first-order valence-electron chi connectivity index (χ1n) is 6.95. The molecule has 111 valence electrons. The van der Waals surface area contributed by atoms with Crippen molar-refractivity contribution in [3.05, 3.63) is 65.1 Å². The van der Waals surface area contributed by atoms with Gasteiger partial charge in [-0.2, -0.15) is 13.2 Å². The molecule has 0 aromatic heterocycles. The van der Waals surface area contributed by atoms with Crippen LogP contribution in [0.4, 0.5) is 13.2 Å². The molecular weight excluding hydrogens is 273 g/mol. The third-order valence-electron chi connectivity index (χ3n) is 3.59. The maximum Gasteiger partial charge on any atom is 0.416 e. The number of aryl methyl sites for hydroxylation is 1. The minimum atomic E-state index is -4.31. The Morgan fingerprint density at radius 3 is 2.10 bits per heavy atom. The van der Waals surface area contributed by atoms with Gasteiger partial charge in [0.25, 0.3) is 0 Å². The molecule has 0 fully saturated rings. The van der Waals surface area contributed by atoms with Gasteiger partial charge in [-0.3, -0.25) is 0 Å². The maximum atomic E-state index is 13.0. The Morgan fingerprint density at radius 1 is 0.952 bits per heavy atom. The maximum absolute atomic E-state index is 13.0. The number of hydrogen-bond donors (Lipinski definition) is 0. The normalized spacial score (nSPS) is 11.7. The van der Waals surface area contributed by atoms with Gasteiger partial charge in [0.15, 0.2) is 0 Å². The van der Waals surface area contributed by atoms with Crippen LogP contribution in [-0.4, -0.2) is 0 Å². The highest BCUT2D eigenvalue weighted by molar-refractivity contribution is 5.71. The Hall–Kier alpha value is -1.77. The van der Waals surface area contributed by atoms with E-state index in [-0.39, 0.29) is 0 Å². The van der Waals surface area contributed by atoms with Crippen LogP contribution < -0.4 is 0 Å². The lowest BCUT2D eigenvalue weighted by atomic mass is 9.90. The second-order valence-corrected chi connectivity index (χ2v) is 5.18. The predicted octanol–water partition coefficient (Wildman–Crippen LogP) is 5.95. The molecule has 0 amide bonds. The molecule has 0 N–H and O–H groups in total. The molecule has 0 nitrogen and oxygen atoms in total. The van der Waals surface area contributed by atoms with Crippen LogP contribution in [0.15, 0.2) is 36.4 Å². The van der Waals surface area contributed by atoms with E-state index in [4.69, 9.17) is 0 Å². The Kier molecular flexibility index (Phi) is 4.40. The highest BCUT2D eigenvalue weighted by Gasteiger charge is 2.33. The van der Waals surface area contributed by atoms with Crippen molar-refractivity contribution in [2.75, 3.05) is 0 Å². The van der Waals surface area contributed by atoms with Gasteiger partial charge in [-0.05, 0) is 55.0 Å². The van der Waals surface area contributed by atoms with Crippen molar-refractivity contribution in [1.82, 2.24) is 0 Å². The van der Waals surface area contributed by atoms with Gasteiger partial charge in [0.05, 0.1) is 5.56 Å². The Labute approximate surface area is 123 Å².